The summed E-state index contributed by atoms with van der Waals surface area (Å²) in [6.07, 6.45) is 0.958. The van der Waals surface area contributed by atoms with E-state index in [0.717, 1.165) is 16.9 Å². The van der Waals surface area contributed by atoms with Crippen molar-refractivity contribution in [2.24, 2.45) is 0 Å². The molecule has 1 atom stereocenters. The number of aliphatic hydroxyl groups excluding tert-OH is 1. The highest BCUT2D eigenvalue weighted by Crippen LogP contribution is 2.22. The van der Waals surface area contributed by atoms with Gasteiger partial charge in [-0.3, -0.25) is 4.98 Å². The highest BCUT2D eigenvalue weighted by Gasteiger charge is 2.11. The summed E-state index contributed by atoms with van der Waals surface area (Å²) in [5.41, 5.74) is 2.56. The largest absolute Gasteiger partial charge is 0.489 e. The lowest BCUT2D eigenvalue weighted by molar-refractivity contribution is 0.215. The zero-order chi connectivity index (χ0) is 15.2. The predicted octanol–water partition coefficient (Wildman–Crippen LogP) is 3.74. The minimum atomic E-state index is -0.718. The number of nitrogens with zero attached hydrogens (tertiary/aromatic N) is 1. The summed E-state index contributed by atoms with van der Waals surface area (Å²) >= 11 is 0. The van der Waals surface area contributed by atoms with Crippen molar-refractivity contribution < 1.29 is 9.84 Å². The minimum absolute atomic E-state index is 0.531. The van der Waals surface area contributed by atoms with Crippen LogP contribution in [0.1, 0.15) is 22.9 Å². The van der Waals surface area contributed by atoms with Crippen LogP contribution >= 0.6 is 0 Å². The number of pyridine rings is 1. The number of ether oxygens (including phenoxy) is 1. The van der Waals surface area contributed by atoms with Crippen LogP contribution in [0.3, 0.4) is 0 Å². The molecule has 0 radical (unpaired) electrons. The summed E-state index contributed by atoms with van der Waals surface area (Å²) in [5, 5.41) is 10.3. The van der Waals surface area contributed by atoms with Crippen molar-refractivity contribution in [1.29, 1.82) is 0 Å². The molecule has 0 saturated heterocycles. The summed E-state index contributed by atoms with van der Waals surface area (Å²) < 4.78 is 5.74. The van der Waals surface area contributed by atoms with Crippen molar-refractivity contribution in [1.82, 2.24) is 4.98 Å². The second kappa shape index (κ2) is 6.87. The molecule has 0 aliphatic heterocycles. The van der Waals surface area contributed by atoms with Crippen molar-refractivity contribution in [2.75, 3.05) is 0 Å². The molecule has 3 rings (SSSR count). The number of benzene rings is 2. The second-order valence-corrected chi connectivity index (χ2v) is 5.00. The smallest absolute Gasteiger partial charge is 0.121 e. The van der Waals surface area contributed by atoms with Gasteiger partial charge in [0.25, 0.3) is 0 Å². The minimum Gasteiger partial charge on any atom is -0.489 e. The molecule has 0 fully saturated rings. The van der Waals surface area contributed by atoms with Crippen LogP contribution in [-0.2, 0) is 6.61 Å². The first-order chi connectivity index (χ1) is 10.8. The van der Waals surface area contributed by atoms with Gasteiger partial charge in [0.1, 0.15) is 18.5 Å². The van der Waals surface area contributed by atoms with Gasteiger partial charge >= 0.3 is 0 Å². The molecule has 1 aromatic heterocycles. The van der Waals surface area contributed by atoms with Crippen molar-refractivity contribution in [3.63, 3.8) is 0 Å². The molecule has 3 heteroatoms. The number of hydrogen-bond acceptors (Lipinski definition) is 3. The number of aliphatic hydroxyl groups is 1. The maximum Gasteiger partial charge on any atom is 0.121 e. The fourth-order valence-electron chi connectivity index (χ4n) is 2.20. The molecule has 0 unspecified atom stereocenters. The lowest BCUT2D eigenvalue weighted by Crippen LogP contribution is -2.02. The van der Waals surface area contributed by atoms with Gasteiger partial charge in [0.05, 0.1) is 5.69 Å². The highest BCUT2D eigenvalue weighted by molar-refractivity contribution is 5.32. The van der Waals surface area contributed by atoms with Gasteiger partial charge in [-0.25, -0.2) is 0 Å². The molecule has 0 bridgehead atoms. The third-order valence-electron chi connectivity index (χ3n) is 3.41. The van der Waals surface area contributed by atoms with Crippen LogP contribution in [0, 0.1) is 0 Å². The van der Waals surface area contributed by atoms with Gasteiger partial charge in [0, 0.05) is 6.20 Å². The molecule has 0 amide bonds. The van der Waals surface area contributed by atoms with Gasteiger partial charge in [0.15, 0.2) is 0 Å². The van der Waals surface area contributed by atoms with Crippen LogP contribution in [0.4, 0.5) is 0 Å². The summed E-state index contributed by atoms with van der Waals surface area (Å²) in [7, 11) is 0. The molecule has 0 aliphatic carbocycles. The van der Waals surface area contributed by atoms with Crippen LogP contribution in [0.15, 0.2) is 79.0 Å². The van der Waals surface area contributed by atoms with E-state index >= 15 is 0 Å². The van der Waals surface area contributed by atoms with E-state index in [4.69, 9.17) is 4.74 Å². The van der Waals surface area contributed by atoms with E-state index in [2.05, 4.69) is 4.98 Å². The molecule has 1 heterocycles. The average Bonchev–Trinajstić information content (AvgIpc) is 2.61. The molecular weight excluding hydrogens is 274 g/mol. The summed E-state index contributed by atoms with van der Waals surface area (Å²) in [5.74, 6) is 0.779. The van der Waals surface area contributed by atoms with E-state index in [-0.39, 0.29) is 0 Å². The fourth-order valence-corrected chi connectivity index (χ4v) is 2.20. The quantitative estimate of drug-likeness (QED) is 0.778. The Hall–Kier alpha value is -2.65. The Bertz CT molecular complexity index is 697. The zero-order valence-electron chi connectivity index (χ0n) is 12.1. The first-order valence-electron chi connectivity index (χ1n) is 7.18. The molecule has 3 nitrogen and oxygen atoms in total. The molecule has 2 aromatic carbocycles. The molecule has 0 spiro atoms. The van der Waals surface area contributed by atoms with Crippen LogP contribution < -0.4 is 4.74 Å². The Morgan fingerprint density at radius 2 is 1.59 bits per heavy atom. The van der Waals surface area contributed by atoms with Gasteiger partial charge < -0.3 is 9.84 Å². The lowest BCUT2D eigenvalue weighted by Gasteiger charge is -2.11. The number of aromatic nitrogens is 1. The van der Waals surface area contributed by atoms with Gasteiger partial charge in [-0.05, 0) is 35.4 Å². The van der Waals surface area contributed by atoms with E-state index in [1.807, 2.05) is 72.8 Å². The summed E-state index contributed by atoms with van der Waals surface area (Å²) in [6.45, 7) is 0.531. The van der Waals surface area contributed by atoms with Gasteiger partial charge in [0.2, 0.25) is 0 Å². The number of rotatable bonds is 5. The van der Waals surface area contributed by atoms with Crippen molar-refractivity contribution in [3.05, 3.63) is 95.8 Å². The Morgan fingerprint density at radius 3 is 2.27 bits per heavy atom. The Morgan fingerprint density at radius 1 is 0.864 bits per heavy atom. The second-order valence-electron chi connectivity index (χ2n) is 5.00. The standard InChI is InChI=1S/C19H17NO2/c21-19(18-8-4-5-13-20-18)16-9-11-17(12-10-16)22-14-15-6-2-1-3-7-15/h1-13,19,21H,14H2/t19-/m0/s1. The molecule has 1 N–H and O–H groups in total. The molecule has 22 heavy (non-hydrogen) atoms. The van der Waals surface area contributed by atoms with Crippen molar-refractivity contribution >= 4 is 0 Å². The third-order valence-corrected chi connectivity index (χ3v) is 3.41. The maximum absolute atomic E-state index is 10.3. The molecule has 0 saturated carbocycles. The van der Waals surface area contributed by atoms with E-state index in [0.29, 0.717) is 12.3 Å². The maximum atomic E-state index is 10.3. The van der Waals surface area contributed by atoms with Crippen LogP contribution in [-0.4, -0.2) is 10.1 Å². The van der Waals surface area contributed by atoms with Crippen molar-refractivity contribution in [2.45, 2.75) is 12.7 Å². The molecule has 3 aromatic rings. The number of hydrogen-bond donors (Lipinski definition) is 1. The first kappa shape index (κ1) is 14.3. The normalized spacial score (nSPS) is 11.9. The molecular formula is C19H17NO2. The highest BCUT2D eigenvalue weighted by atomic mass is 16.5. The Balaban J connectivity index is 1.65. The molecule has 0 aliphatic rings. The Kier molecular flexibility index (Phi) is 4.47. The van der Waals surface area contributed by atoms with E-state index in [9.17, 15) is 5.11 Å². The van der Waals surface area contributed by atoms with E-state index in [1.165, 1.54) is 0 Å². The van der Waals surface area contributed by atoms with Gasteiger partial charge in [-0.2, -0.15) is 0 Å². The summed E-state index contributed by atoms with van der Waals surface area (Å²) in [6, 6.07) is 23.0. The zero-order valence-corrected chi connectivity index (χ0v) is 12.1. The Labute approximate surface area is 129 Å². The first-order valence-corrected chi connectivity index (χ1v) is 7.18. The third kappa shape index (κ3) is 3.51. The van der Waals surface area contributed by atoms with Crippen LogP contribution in [0.25, 0.3) is 0 Å². The average molecular weight is 291 g/mol. The van der Waals surface area contributed by atoms with E-state index in [1.54, 1.807) is 6.20 Å². The van der Waals surface area contributed by atoms with Crippen LogP contribution in [0.2, 0.25) is 0 Å². The molecule has 110 valence electrons. The topological polar surface area (TPSA) is 42.4 Å². The van der Waals surface area contributed by atoms with Gasteiger partial charge in [-0.15, -0.1) is 0 Å². The van der Waals surface area contributed by atoms with E-state index < -0.39 is 6.10 Å². The monoisotopic (exact) mass is 291 g/mol. The predicted molar refractivity (Wildman–Crippen MR) is 85.5 cm³/mol. The summed E-state index contributed by atoms with van der Waals surface area (Å²) in [4.78, 5) is 4.17. The van der Waals surface area contributed by atoms with Gasteiger partial charge in [-0.1, -0.05) is 48.5 Å². The van der Waals surface area contributed by atoms with Crippen LogP contribution in [0.5, 0.6) is 5.75 Å². The lowest BCUT2D eigenvalue weighted by atomic mass is 10.1. The van der Waals surface area contributed by atoms with Crippen molar-refractivity contribution in [3.8, 4) is 5.75 Å². The fraction of sp³-hybridized carbons (Fsp3) is 0.105. The SMILES string of the molecule is O[C@@H](c1ccc(OCc2ccccc2)cc1)c1ccccn1.